The molecule has 0 bridgehead atoms. The SMILES string of the molecule is CNC1CCC2CCCC2N(CC2CCCC2)C1=O. The van der Waals surface area contributed by atoms with Gasteiger partial charge >= 0.3 is 0 Å². The van der Waals surface area contributed by atoms with Crippen LogP contribution in [-0.4, -0.2) is 36.5 Å². The quantitative estimate of drug-likeness (QED) is 0.849. The van der Waals surface area contributed by atoms with E-state index in [2.05, 4.69) is 10.2 Å². The van der Waals surface area contributed by atoms with Gasteiger partial charge in [-0.25, -0.2) is 0 Å². The molecule has 0 spiro atoms. The number of amides is 1. The summed E-state index contributed by atoms with van der Waals surface area (Å²) in [5, 5.41) is 3.25. The molecule has 0 aromatic heterocycles. The van der Waals surface area contributed by atoms with Crippen LogP contribution in [0.4, 0.5) is 0 Å². The van der Waals surface area contributed by atoms with Crippen molar-refractivity contribution in [2.75, 3.05) is 13.6 Å². The van der Waals surface area contributed by atoms with Gasteiger partial charge in [-0.2, -0.15) is 0 Å². The highest BCUT2D eigenvalue weighted by atomic mass is 16.2. The molecule has 1 saturated heterocycles. The summed E-state index contributed by atoms with van der Waals surface area (Å²) >= 11 is 0. The van der Waals surface area contributed by atoms with Crippen molar-refractivity contribution < 1.29 is 4.79 Å². The van der Waals surface area contributed by atoms with E-state index in [4.69, 9.17) is 0 Å². The largest absolute Gasteiger partial charge is 0.338 e. The molecule has 2 aliphatic carbocycles. The van der Waals surface area contributed by atoms with Crippen molar-refractivity contribution in [1.29, 1.82) is 0 Å². The van der Waals surface area contributed by atoms with Gasteiger partial charge in [-0.3, -0.25) is 4.79 Å². The van der Waals surface area contributed by atoms with Crippen LogP contribution in [0.1, 0.15) is 57.8 Å². The van der Waals surface area contributed by atoms with Crippen molar-refractivity contribution >= 4 is 5.91 Å². The summed E-state index contributed by atoms with van der Waals surface area (Å²) in [6, 6.07) is 0.637. The van der Waals surface area contributed by atoms with Crippen LogP contribution in [0.2, 0.25) is 0 Å². The second-order valence-electron chi connectivity index (χ2n) is 6.82. The van der Waals surface area contributed by atoms with E-state index in [-0.39, 0.29) is 6.04 Å². The lowest BCUT2D eigenvalue weighted by atomic mass is 9.97. The number of likely N-dealkylation sites (N-methyl/N-ethyl adjacent to an activating group) is 1. The van der Waals surface area contributed by atoms with E-state index >= 15 is 0 Å². The first-order valence-corrected chi connectivity index (χ1v) is 8.27. The number of nitrogens with one attached hydrogen (secondary N) is 1. The summed E-state index contributed by atoms with van der Waals surface area (Å²) in [6.07, 6.45) is 11.6. The van der Waals surface area contributed by atoms with Crippen LogP contribution >= 0.6 is 0 Å². The van der Waals surface area contributed by atoms with Gasteiger partial charge in [0.1, 0.15) is 0 Å². The van der Waals surface area contributed by atoms with Crippen LogP contribution in [0.5, 0.6) is 0 Å². The van der Waals surface area contributed by atoms with Crippen molar-refractivity contribution in [3.63, 3.8) is 0 Å². The third-order valence-electron chi connectivity index (χ3n) is 5.70. The Morgan fingerprint density at radius 3 is 2.58 bits per heavy atom. The number of rotatable bonds is 3. The van der Waals surface area contributed by atoms with Gasteiger partial charge in [-0.15, -0.1) is 0 Å². The zero-order valence-corrected chi connectivity index (χ0v) is 12.2. The molecule has 2 saturated carbocycles. The molecule has 0 radical (unpaired) electrons. The minimum atomic E-state index is 0.0759. The average Bonchev–Trinajstić information content (AvgIpc) is 3.05. The first-order valence-electron chi connectivity index (χ1n) is 8.27. The summed E-state index contributed by atoms with van der Waals surface area (Å²) < 4.78 is 0. The van der Waals surface area contributed by atoms with Gasteiger partial charge in [0.25, 0.3) is 0 Å². The Balaban J connectivity index is 1.75. The Hall–Kier alpha value is -0.570. The molecule has 3 aliphatic rings. The van der Waals surface area contributed by atoms with Crippen molar-refractivity contribution in [2.45, 2.75) is 69.9 Å². The van der Waals surface area contributed by atoms with E-state index < -0.39 is 0 Å². The van der Waals surface area contributed by atoms with E-state index in [1.165, 1.54) is 51.4 Å². The minimum absolute atomic E-state index is 0.0759. The number of hydrogen-bond acceptors (Lipinski definition) is 2. The van der Waals surface area contributed by atoms with Gasteiger partial charge in [0, 0.05) is 12.6 Å². The van der Waals surface area contributed by atoms with E-state index in [0.717, 1.165) is 24.8 Å². The lowest BCUT2D eigenvalue weighted by Crippen LogP contribution is -2.49. The summed E-state index contributed by atoms with van der Waals surface area (Å²) in [6.45, 7) is 1.04. The Labute approximate surface area is 117 Å². The highest BCUT2D eigenvalue weighted by Crippen LogP contribution is 2.38. The Morgan fingerprint density at radius 1 is 1.05 bits per heavy atom. The maximum absolute atomic E-state index is 12.8. The molecule has 3 fully saturated rings. The molecule has 1 aliphatic heterocycles. The number of fused-ring (bicyclic) bond motifs is 1. The Morgan fingerprint density at radius 2 is 1.84 bits per heavy atom. The van der Waals surface area contributed by atoms with Gasteiger partial charge in [0.05, 0.1) is 6.04 Å². The normalized spacial score (nSPS) is 36.6. The van der Waals surface area contributed by atoms with Crippen LogP contribution in [0.3, 0.4) is 0 Å². The average molecular weight is 264 g/mol. The van der Waals surface area contributed by atoms with Gasteiger partial charge in [-0.1, -0.05) is 19.3 Å². The summed E-state index contributed by atoms with van der Waals surface area (Å²) in [4.78, 5) is 15.1. The maximum atomic E-state index is 12.8. The highest BCUT2D eigenvalue weighted by molar-refractivity contribution is 5.82. The first kappa shape index (κ1) is 13.4. The molecular weight excluding hydrogens is 236 g/mol. The molecule has 1 heterocycles. The fourth-order valence-electron chi connectivity index (χ4n) is 4.60. The van der Waals surface area contributed by atoms with Crippen molar-refractivity contribution in [2.24, 2.45) is 11.8 Å². The minimum Gasteiger partial charge on any atom is -0.338 e. The van der Waals surface area contributed by atoms with Gasteiger partial charge in [0.15, 0.2) is 0 Å². The Bertz CT molecular complexity index is 325. The predicted octanol–water partition coefficient (Wildman–Crippen LogP) is 2.56. The maximum Gasteiger partial charge on any atom is 0.239 e. The van der Waals surface area contributed by atoms with Crippen LogP contribution in [0, 0.1) is 11.8 Å². The molecule has 1 amide bonds. The zero-order chi connectivity index (χ0) is 13.2. The van der Waals surface area contributed by atoms with Gasteiger partial charge in [0.2, 0.25) is 5.91 Å². The molecule has 3 atom stereocenters. The molecule has 19 heavy (non-hydrogen) atoms. The predicted molar refractivity (Wildman–Crippen MR) is 76.9 cm³/mol. The lowest BCUT2D eigenvalue weighted by molar-refractivity contribution is -0.136. The van der Waals surface area contributed by atoms with E-state index in [0.29, 0.717) is 11.9 Å². The third kappa shape index (κ3) is 2.67. The molecule has 0 aromatic rings. The number of carbonyl (C=O) groups is 1. The standard InChI is InChI=1S/C16H28N2O/c1-17-14-10-9-13-7-4-8-15(13)18(16(14)19)11-12-5-2-3-6-12/h12-15,17H,2-11H2,1H3. The zero-order valence-electron chi connectivity index (χ0n) is 12.2. The van der Waals surface area contributed by atoms with Gasteiger partial charge < -0.3 is 10.2 Å². The molecule has 3 nitrogen and oxygen atoms in total. The molecule has 1 N–H and O–H groups in total. The number of likely N-dealkylation sites (tertiary alicyclic amines) is 1. The molecule has 3 rings (SSSR count). The van der Waals surface area contributed by atoms with Crippen LogP contribution < -0.4 is 5.32 Å². The molecule has 3 heteroatoms. The summed E-state index contributed by atoms with van der Waals surface area (Å²) in [5.74, 6) is 1.95. The van der Waals surface area contributed by atoms with Crippen molar-refractivity contribution in [3.05, 3.63) is 0 Å². The van der Waals surface area contributed by atoms with E-state index in [1.54, 1.807) is 0 Å². The first-order chi connectivity index (χ1) is 9.29. The van der Waals surface area contributed by atoms with E-state index in [9.17, 15) is 4.79 Å². The Kier molecular flexibility index (Phi) is 4.11. The fourth-order valence-corrected chi connectivity index (χ4v) is 4.60. The van der Waals surface area contributed by atoms with Gasteiger partial charge in [-0.05, 0) is 57.4 Å². The smallest absolute Gasteiger partial charge is 0.239 e. The number of carbonyl (C=O) groups excluding carboxylic acids is 1. The molecule has 0 aromatic carbocycles. The molecule has 108 valence electrons. The van der Waals surface area contributed by atoms with Crippen LogP contribution in [0.25, 0.3) is 0 Å². The van der Waals surface area contributed by atoms with Crippen LogP contribution in [-0.2, 0) is 4.79 Å². The van der Waals surface area contributed by atoms with E-state index in [1.807, 2.05) is 7.05 Å². The second kappa shape index (κ2) is 5.82. The highest BCUT2D eigenvalue weighted by Gasteiger charge is 2.40. The topological polar surface area (TPSA) is 32.3 Å². The number of hydrogen-bond donors (Lipinski definition) is 1. The van der Waals surface area contributed by atoms with Crippen molar-refractivity contribution in [1.82, 2.24) is 10.2 Å². The van der Waals surface area contributed by atoms with Crippen molar-refractivity contribution in [3.8, 4) is 0 Å². The lowest BCUT2D eigenvalue weighted by Gasteiger charge is -2.34. The molecule has 3 unspecified atom stereocenters. The number of nitrogens with zero attached hydrogens (tertiary/aromatic N) is 1. The van der Waals surface area contributed by atoms with Crippen LogP contribution in [0.15, 0.2) is 0 Å². The second-order valence-corrected chi connectivity index (χ2v) is 6.82. The summed E-state index contributed by atoms with van der Waals surface area (Å²) in [7, 11) is 1.94. The third-order valence-corrected chi connectivity index (χ3v) is 5.70. The summed E-state index contributed by atoms with van der Waals surface area (Å²) in [5.41, 5.74) is 0. The fraction of sp³-hybridized carbons (Fsp3) is 0.938. The monoisotopic (exact) mass is 264 g/mol. The molecular formula is C16H28N2O.